The number of carboxylic acid groups (broad SMARTS) is 1. The molecule has 0 bridgehead atoms. The van der Waals surface area contributed by atoms with Crippen LogP contribution in [0.3, 0.4) is 0 Å². The summed E-state index contributed by atoms with van der Waals surface area (Å²) in [5, 5.41) is 10.3. The molecule has 2 saturated carbocycles. The largest absolute Gasteiger partial charge is 0.481 e. The van der Waals surface area contributed by atoms with E-state index in [1.807, 2.05) is 0 Å². The van der Waals surface area contributed by atoms with Gasteiger partial charge in [0.1, 0.15) is 0 Å². The number of carboxylic acids is 1. The number of likely N-dealkylation sites (tertiary alicyclic amines) is 1. The lowest BCUT2D eigenvalue weighted by atomic mass is 9.73. The topological polar surface area (TPSA) is 40.5 Å². The van der Waals surface area contributed by atoms with Crippen molar-refractivity contribution in [3.8, 4) is 0 Å². The SMILES string of the molecule is O=C(O)C(C1CCCCC1)C1C[C@H](CN2CCC(CCCc3ccccc3)CC2)[C@@H](c2ccccc2)C1. The van der Waals surface area contributed by atoms with Gasteiger partial charge in [0, 0.05) is 6.54 Å². The first-order valence-electron chi connectivity index (χ1n) is 15.2. The van der Waals surface area contributed by atoms with Gasteiger partial charge < -0.3 is 10.0 Å². The zero-order chi connectivity index (χ0) is 25.5. The summed E-state index contributed by atoms with van der Waals surface area (Å²) in [4.78, 5) is 15.2. The number of hydrogen-bond donors (Lipinski definition) is 1. The van der Waals surface area contributed by atoms with Crippen molar-refractivity contribution in [3.05, 3.63) is 71.8 Å². The maximum atomic E-state index is 12.5. The van der Waals surface area contributed by atoms with Gasteiger partial charge in [-0.2, -0.15) is 0 Å². The molecule has 5 rings (SSSR count). The highest BCUT2D eigenvalue weighted by Crippen LogP contribution is 2.49. The lowest BCUT2D eigenvalue weighted by Gasteiger charge is -2.35. The Balaban J connectivity index is 1.17. The summed E-state index contributed by atoms with van der Waals surface area (Å²) in [6.07, 6.45) is 14.6. The maximum Gasteiger partial charge on any atom is 0.307 e. The van der Waals surface area contributed by atoms with Gasteiger partial charge in [-0.1, -0.05) is 86.3 Å². The van der Waals surface area contributed by atoms with E-state index in [1.165, 1.54) is 75.6 Å². The van der Waals surface area contributed by atoms with E-state index in [-0.39, 0.29) is 5.92 Å². The average Bonchev–Trinajstić information content (AvgIpc) is 3.34. The molecule has 2 unspecified atom stereocenters. The number of nitrogens with zero attached hydrogens (tertiary/aromatic N) is 1. The van der Waals surface area contributed by atoms with Crippen molar-refractivity contribution in [2.24, 2.45) is 29.6 Å². The lowest BCUT2D eigenvalue weighted by molar-refractivity contribution is -0.146. The summed E-state index contributed by atoms with van der Waals surface area (Å²) in [6, 6.07) is 21.9. The molecule has 2 aromatic carbocycles. The number of piperidine rings is 1. The molecule has 0 spiro atoms. The zero-order valence-electron chi connectivity index (χ0n) is 22.6. The maximum absolute atomic E-state index is 12.5. The average molecular weight is 502 g/mol. The van der Waals surface area contributed by atoms with Crippen molar-refractivity contribution in [3.63, 3.8) is 0 Å². The molecule has 2 aliphatic carbocycles. The van der Waals surface area contributed by atoms with Gasteiger partial charge in [0.25, 0.3) is 0 Å². The lowest BCUT2D eigenvalue weighted by Crippen LogP contribution is -2.38. The first-order chi connectivity index (χ1) is 18.2. The van der Waals surface area contributed by atoms with Crippen LogP contribution in [0.1, 0.15) is 87.7 Å². The third kappa shape index (κ3) is 7.05. The summed E-state index contributed by atoms with van der Waals surface area (Å²) < 4.78 is 0. The van der Waals surface area contributed by atoms with Gasteiger partial charge in [-0.25, -0.2) is 0 Å². The fraction of sp³-hybridized carbons (Fsp3) is 0.618. The number of aryl methyl sites for hydroxylation is 1. The normalized spacial score (nSPS) is 26.8. The van der Waals surface area contributed by atoms with Crippen LogP contribution in [0, 0.1) is 29.6 Å². The molecular weight excluding hydrogens is 454 g/mol. The van der Waals surface area contributed by atoms with E-state index in [2.05, 4.69) is 65.6 Å². The Kier molecular flexibility index (Phi) is 9.37. The van der Waals surface area contributed by atoms with Crippen LogP contribution >= 0.6 is 0 Å². The molecule has 2 aromatic rings. The quantitative estimate of drug-likeness (QED) is 0.361. The van der Waals surface area contributed by atoms with Crippen molar-refractivity contribution < 1.29 is 9.90 Å². The van der Waals surface area contributed by atoms with Gasteiger partial charge in [0.2, 0.25) is 0 Å². The second-order valence-corrected chi connectivity index (χ2v) is 12.4. The van der Waals surface area contributed by atoms with Crippen molar-refractivity contribution >= 4 is 5.97 Å². The summed E-state index contributed by atoms with van der Waals surface area (Å²) >= 11 is 0. The van der Waals surface area contributed by atoms with E-state index in [0.29, 0.717) is 23.7 Å². The summed E-state index contributed by atoms with van der Waals surface area (Å²) in [5.41, 5.74) is 2.90. The molecule has 4 atom stereocenters. The molecule has 1 saturated heterocycles. The Bertz CT molecular complexity index is 946. The fourth-order valence-electron chi connectivity index (χ4n) is 8.08. The molecule has 3 fully saturated rings. The number of carbonyl (C=O) groups is 1. The standard InChI is InChI=1S/C34H47NO2/c36-34(37)33(29-17-8-3-9-18-29)30-23-31(32(24-30)28-15-6-2-7-16-28)25-35-21-19-27(20-22-35)14-10-13-26-11-4-1-5-12-26/h1-2,4-7,11-12,15-16,27,29-33H,3,8-10,13-14,17-25H2,(H,36,37)/t30?,31-,32-,33?/m1/s1. The molecule has 3 heteroatoms. The van der Waals surface area contributed by atoms with Crippen molar-refractivity contribution in [2.45, 2.75) is 83.0 Å². The van der Waals surface area contributed by atoms with E-state index in [4.69, 9.17) is 0 Å². The third-order valence-corrected chi connectivity index (χ3v) is 10.0. The van der Waals surface area contributed by atoms with Crippen LogP contribution in [0.5, 0.6) is 0 Å². The number of hydrogen-bond acceptors (Lipinski definition) is 2. The van der Waals surface area contributed by atoms with Crippen LogP contribution in [-0.2, 0) is 11.2 Å². The number of rotatable bonds is 10. The molecule has 37 heavy (non-hydrogen) atoms. The van der Waals surface area contributed by atoms with Crippen LogP contribution in [-0.4, -0.2) is 35.6 Å². The Morgan fingerprint density at radius 1 is 0.838 bits per heavy atom. The molecule has 3 nitrogen and oxygen atoms in total. The van der Waals surface area contributed by atoms with Crippen LogP contribution < -0.4 is 0 Å². The highest BCUT2D eigenvalue weighted by atomic mass is 16.4. The summed E-state index contributed by atoms with van der Waals surface area (Å²) in [7, 11) is 0. The Morgan fingerprint density at radius 2 is 1.51 bits per heavy atom. The van der Waals surface area contributed by atoms with Gasteiger partial charge in [-0.05, 0) is 105 Å². The van der Waals surface area contributed by atoms with Crippen LogP contribution in [0.15, 0.2) is 60.7 Å². The molecule has 1 aliphatic heterocycles. The molecule has 0 amide bonds. The zero-order valence-corrected chi connectivity index (χ0v) is 22.6. The minimum Gasteiger partial charge on any atom is -0.481 e. The van der Waals surface area contributed by atoms with Crippen molar-refractivity contribution in [1.29, 1.82) is 0 Å². The minimum absolute atomic E-state index is 0.146. The van der Waals surface area contributed by atoms with Gasteiger partial charge in [0.05, 0.1) is 5.92 Å². The predicted octanol–water partition coefficient (Wildman–Crippen LogP) is 7.81. The molecule has 0 aromatic heterocycles. The smallest absolute Gasteiger partial charge is 0.307 e. The monoisotopic (exact) mass is 501 g/mol. The minimum atomic E-state index is -0.527. The Morgan fingerprint density at radius 3 is 2.19 bits per heavy atom. The summed E-state index contributed by atoms with van der Waals surface area (Å²) in [6.45, 7) is 3.57. The molecule has 0 radical (unpaired) electrons. The van der Waals surface area contributed by atoms with Crippen LogP contribution in [0.25, 0.3) is 0 Å². The van der Waals surface area contributed by atoms with Gasteiger partial charge in [0.15, 0.2) is 0 Å². The number of benzene rings is 2. The number of aliphatic carboxylic acids is 1. The second-order valence-electron chi connectivity index (χ2n) is 12.4. The van der Waals surface area contributed by atoms with E-state index in [1.54, 1.807) is 0 Å². The Hall–Kier alpha value is -2.13. The van der Waals surface area contributed by atoms with E-state index in [9.17, 15) is 9.90 Å². The fourth-order valence-corrected chi connectivity index (χ4v) is 8.08. The molecule has 1 N–H and O–H groups in total. The predicted molar refractivity (Wildman–Crippen MR) is 152 cm³/mol. The third-order valence-electron chi connectivity index (χ3n) is 10.0. The molecular formula is C34H47NO2. The molecule has 3 aliphatic rings. The van der Waals surface area contributed by atoms with E-state index >= 15 is 0 Å². The van der Waals surface area contributed by atoms with Crippen molar-refractivity contribution in [1.82, 2.24) is 4.90 Å². The second kappa shape index (κ2) is 13.1. The first kappa shape index (κ1) is 26.5. The van der Waals surface area contributed by atoms with Crippen molar-refractivity contribution in [2.75, 3.05) is 19.6 Å². The highest BCUT2D eigenvalue weighted by Gasteiger charge is 2.44. The van der Waals surface area contributed by atoms with Gasteiger partial charge in [-0.3, -0.25) is 4.79 Å². The highest BCUT2D eigenvalue weighted by molar-refractivity contribution is 5.71. The van der Waals surface area contributed by atoms with Crippen LogP contribution in [0.2, 0.25) is 0 Å². The summed E-state index contributed by atoms with van der Waals surface area (Å²) in [5.74, 6) is 1.98. The van der Waals surface area contributed by atoms with E-state index < -0.39 is 5.97 Å². The van der Waals surface area contributed by atoms with Gasteiger partial charge >= 0.3 is 5.97 Å². The molecule has 200 valence electrons. The van der Waals surface area contributed by atoms with Crippen LogP contribution in [0.4, 0.5) is 0 Å². The van der Waals surface area contributed by atoms with Gasteiger partial charge in [-0.15, -0.1) is 0 Å². The first-order valence-corrected chi connectivity index (χ1v) is 15.2. The Labute approximate surface area is 224 Å². The molecule has 1 heterocycles. The van der Waals surface area contributed by atoms with E-state index in [0.717, 1.165) is 38.1 Å².